The summed E-state index contributed by atoms with van der Waals surface area (Å²) in [6.45, 7) is 9.61. The number of anilines is 1. The molecule has 1 fully saturated rings. The first-order valence-electron chi connectivity index (χ1n) is 11.0. The second-order valence-corrected chi connectivity index (χ2v) is 9.02. The number of aliphatic hydroxyl groups is 1. The highest BCUT2D eigenvalue weighted by Crippen LogP contribution is 2.32. The molecule has 0 radical (unpaired) electrons. The van der Waals surface area contributed by atoms with E-state index >= 15 is 0 Å². The molecule has 3 aromatic rings. The normalized spacial score (nSPS) is 15.3. The molecular weight excluding hydrogens is 386 g/mol. The van der Waals surface area contributed by atoms with Crippen LogP contribution in [-0.4, -0.2) is 38.4 Å². The predicted octanol–water partition coefficient (Wildman–Crippen LogP) is 4.09. The van der Waals surface area contributed by atoms with Gasteiger partial charge in [0.25, 0.3) is 0 Å². The highest BCUT2D eigenvalue weighted by atomic mass is 16.3. The summed E-state index contributed by atoms with van der Waals surface area (Å²) in [6, 6.07) is 10.4. The van der Waals surface area contributed by atoms with Crippen LogP contribution in [0, 0.1) is 13.8 Å². The Labute approximate surface area is 184 Å². The minimum Gasteiger partial charge on any atom is -0.384 e. The van der Waals surface area contributed by atoms with Gasteiger partial charge in [-0.05, 0) is 57.2 Å². The van der Waals surface area contributed by atoms with E-state index in [1.54, 1.807) is 26.2 Å². The zero-order chi connectivity index (χ0) is 22.0. The van der Waals surface area contributed by atoms with Gasteiger partial charge in [0, 0.05) is 25.4 Å². The molecule has 1 aliphatic rings. The fraction of sp³-hybridized carbons (Fsp3) is 0.440. The maximum Gasteiger partial charge on any atom is 0.147 e. The van der Waals surface area contributed by atoms with E-state index in [4.69, 9.17) is 0 Å². The lowest BCUT2D eigenvalue weighted by Gasteiger charge is -2.33. The number of aromatic nitrogens is 4. The summed E-state index contributed by atoms with van der Waals surface area (Å²) in [5.41, 5.74) is 5.60. The number of hydrogen-bond acceptors (Lipinski definition) is 6. The second kappa shape index (κ2) is 8.71. The van der Waals surface area contributed by atoms with E-state index in [1.807, 2.05) is 6.07 Å². The van der Waals surface area contributed by atoms with Gasteiger partial charge in [-0.15, -0.1) is 0 Å². The van der Waals surface area contributed by atoms with Crippen molar-refractivity contribution in [3.63, 3.8) is 0 Å². The summed E-state index contributed by atoms with van der Waals surface area (Å²) in [5, 5.41) is 19.4. The van der Waals surface area contributed by atoms with Gasteiger partial charge in [0.05, 0.1) is 29.5 Å². The van der Waals surface area contributed by atoms with Crippen LogP contribution in [0.5, 0.6) is 0 Å². The highest BCUT2D eigenvalue weighted by Gasteiger charge is 2.26. The fourth-order valence-corrected chi connectivity index (χ4v) is 4.20. The zero-order valence-electron chi connectivity index (χ0n) is 18.8. The van der Waals surface area contributed by atoms with Crippen molar-refractivity contribution in [2.45, 2.75) is 58.5 Å². The summed E-state index contributed by atoms with van der Waals surface area (Å²) >= 11 is 0. The molecule has 0 spiro atoms. The molecule has 6 heteroatoms. The van der Waals surface area contributed by atoms with Crippen LogP contribution in [0.3, 0.4) is 0 Å². The molecule has 0 amide bonds. The number of nitrogens with zero attached hydrogens (tertiary/aromatic N) is 5. The molecule has 162 valence electrons. The van der Waals surface area contributed by atoms with Crippen molar-refractivity contribution < 1.29 is 5.11 Å². The van der Waals surface area contributed by atoms with Crippen LogP contribution in [0.4, 0.5) is 5.82 Å². The molecule has 1 aliphatic heterocycles. The standard InChI is InChI=1S/C25H31N5O/c1-17-18(2)24(29-28-21(17)14-19-8-6-5-7-9-19)20-10-12-30(13-11-20)23-16-26-22(15-27-23)25(3,4)31/h5-9,15-16,20,31H,10-14H2,1-4H3. The molecule has 4 rings (SSSR count). The summed E-state index contributed by atoms with van der Waals surface area (Å²) in [7, 11) is 0. The Morgan fingerprint density at radius 3 is 2.29 bits per heavy atom. The van der Waals surface area contributed by atoms with Gasteiger partial charge in [0.2, 0.25) is 0 Å². The Balaban J connectivity index is 1.43. The maximum atomic E-state index is 10.1. The van der Waals surface area contributed by atoms with Gasteiger partial charge < -0.3 is 10.0 Å². The molecule has 1 N–H and O–H groups in total. The number of hydrogen-bond donors (Lipinski definition) is 1. The van der Waals surface area contributed by atoms with Crippen molar-refractivity contribution in [2.24, 2.45) is 0 Å². The number of piperidine rings is 1. The molecule has 6 nitrogen and oxygen atoms in total. The second-order valence-electron chi connectivity index (χ2n) is 9.02. The fourth-order valence-electron chi connectivity index (χ4n) is 4.20. The minimum absolute atomic E-state index is 0.414. The van der Waals surface area contributed by atoms with Crippen molar-refractivity contribution >= 4 is 5.82 Å². The van der Waals surface area contributed by atoms with Crippen LogP contribution in [0.1, 0.15) is 66.4 Å². The van der Waals surface area contributed by atoms with Gasteiger partial charge in [-0.1, -0.05) is 30.3 Å². The number of benzene rings is 1. The molecule has 3 heterocycles. The molecule has 0 atom stereocenters. The van der Waals surface area contributed by atoms with Crippen molar-refractivity contribution in [2.75, 3.05) is 18.0 Å². The lowest BCUT2D eigenvalue weighted by molar-refractivity contribution is 0.0734. The average Bonchev–Trinajstić information content (AvgIpc) is 2.77. The Morgan fingerprint density at radius 2 is 1.68 bits per heavy atom. The molecule has 0 bridgehead atoms. The predicted molar refractivity (Wildman–Crippen MR) is 122 cm³/mol. The third-order valence-electron chi connectivity index (χ3n) is 6.34. The van der Waals surface area contributed by atoms with Crippen molar-refractivity contribution in [3.8, 4) is 0 Å². The molecule has 1 saturated heterocycles. The topological polar surface area (TPSA) is 75.0 Å². The molecule has 0 aliphatic carbocycles. The Morgan fingerprint density at radius 1 is 0.968 bits per heavy atom. The Hall–Kier alpha value is -2.86. The lowest BCUT2D eigenvalue weighted by Crippen LogP contribution is -2.34. The van der Waals surface area contributed by atoms with E-state index < -0.39 is 5.60 Å². The van der Waals surface area contributed by atoms with Gasteiger partial charge in [0.1, 0.15) is 11.4 Å². The van der Waals surface area contributed by atoms with Crippen LogP contribution in [0.2, 0.25) is 0 Å². The summed E-state index contributed by atoms with van der Waals surface area (Å²) in [6.07, 6.45) is 6.29. The van der Waals surface area contributed by atoms with Crippen molar-refractivity contribution in [3.05, 3.63) is 76.5 Å². The molecule has 2 aromatic heterocycles. The van der Waals surface area contributed by atoms with Crippen LogP contribution in [0.25, 0.3) is 0 Å². The van der Waals surface area contributed by atoms with E-state index in [-0.39, 0.29) is 0 Å². The largest absolute Gasteiger partial charge is 0.384 e. The lowest BCUT2D eigenvalue weighted by atomic mass is 9.89. The van der Waals surface area contributed by atoms with E-state index in [0.29, 0.717) is 11.6 Å². The maximum absolute atomic E-state index is 10.1. The van der Waals surface area contributed by atoms with Gasteiger partial charge in [-0.3, -0.25) is 4.98 Å². The van der Waals surface area contributed by atoms with Gasteiger partial charge in [-0.25, -0.2) is 4.98 Å². The van der Waals surface area contributed by atoms with E-state index in [0.717, 1.165) is 49.6 Å². The molecule has 0 saturated carbocycles. The van der Waals surface area contributed by atoms with E-state index in [1.165, 1.54) is 16.7 Å². The van der Waals surface area contributed by atoms with Gasteiger partial charge >= 0.3 is 0 Å². The average molecular weight is 418 g/mol. The van der Waals surface area contributed by atoms with Crippen LogP contribution < -0.4 is 4.90 Å². The van der Waals surface area contributed by atoms with Crippen LogP contribution in [-0.2, 0) is 12.0 Å². The first-order chi connectivity index (χ1) is 14.8. The summed E-state index contributed by atoms with van der Waals surface area (Å²) < 4.78 is 0. The van der Waals surface area contributed by atoms with Crippen LogP contribution in [0.15, 0.2) is 42.7 Å². The van der Waals surface area contributed by atoms with Crippen molar-refractivity contribution in [1.82, 2.24) is 20.2 Å². The summed E-state index contributed by atoms with van der Waals surface area (Å²) in [4.78, 5) is 11.2. The first-order valence-corrected chi connectivity index (χ1v) is 11.0. The smallest absolute Gasteiger partial charge is 0.147 e. The monoisotopic (exact) mass is 417 g/mol. The van der Waals surface area contributed by atoms with Crippen molar-refractivity contribution in [1.29, 1.82) is 0 Å². The van der Waals surface area contributed by atoms with Crippen LogP contribution >= 0.6 is 0 Å². The Bertz CT molecular complexity index is 1020. The quantitative estimate of drug-likeness (QED) is 0.674. The number of rotatable bonds is 5. The van der Waals surface area contributed by atoms with Gasteiger partial charge in [0.15, 0.2) is 0 Å². The Kier molecular flexibility index (Phi) is 6.01. The minimum atomic E-state index is -0.973. The summed E-state index contributed by atoms with van der Waals surface area (Å²) in [5.74, 6) is 1.28. The molecule has 31 heavy (non-hydrogen) atoms. The first kappa shape index (κ1) is 21.4. The van der Waals surface area contributed by atoms with E-state index in [9.17, 15) is 5.11 Å². The van der Waals surface area contributed by atoms with E-state index in [2.05, 4.69) is 63.2 Å². The molecule has 0 unspecified atom stereocenters. The molecular formula is C25H31N5O. The zero-order valence-corrected chi connectivity index (χ0v) is 18.8. The third kappa shape index (κ3) is 4.74. The van der Waals surface area contributed by atoms with Gasteiger partial charge in [-0.2, -0.15) is 10.2 Å². The third-order valence-corrected chi connectivity index (χ3v) is 6.34. The molecule has 1 aromatic carbocycles. The SMILES string of the molecule is Cc1c(Cc2ccccc2)nnc(C2CCN(c3cnc(C(C)(C)O)cn3)CC2)c1C. The highest BCUT2D eigenvalue weighted by molar-refractivity contribution is 5.39.